The Bertz CT molecular complexity index is 1010. The van der Waals surface area contributed by atoms with E-state index in [2.05, 4.69) is 15.3 Å². The fraction of sp³-hybridized carbons (Fsp3) is 0.294. The summed E-state index contributed by atoms with van der Waals surface area (Å²) in [6.07, 6.45) is 0. The molecular weight excluding hydrogens is 354 g/mol. The van der Waals surface area contributed by atoms with Crippen molar-refractivity contribution in [3.63, 3.8) is 0 Å². The van der Waals surface area contributed by atoms with E-state index in [0.717, 1.165) is 11.1 Å². The second-order valence-corrected chi connectivity index (χ2v) is 5.97. The molecule has 0 aliphatic heterocycles. The molecule has 3 rings (SSSR count). The molecule has 2 aromatic heterocycles. The molecule has 0 saturated heterocycles. The zero-order chi connectivity index (χ0) is 19.6. The molecule has 0 fully saturated rings. The van der Waals surface area contributed by atoms with Gasteiger partial charge in [0.05, 0.1) is 4.92 Å². The molecule has 0 atom stereocenters. The Kier molecular flexibility index (Phi) is 4.97. The number of hydrogen-bond donors (Lipinski definition) is 0. The standard InChI is InChI=1S/C17H17N5O5/c1-10-5-4-6-13(7-10)17-19-18-14(27-17)9-26-15(23)8-21-12(3)16(22(24)25)11(2)20-21/h4-7H,8-9H2,1-3H3. The van der Waals surface area contributed by atoms with Crippen molar-refractivity contribution in [2.45, 2.75) is 33.9 Å². The van der Waals surface area contributed by atoms with Gasteiger partial charge in [-0.15, -0.1) is 10.2 Å². The molecule has 0 radical (unpaired) electrons. The number of nitrogens with zero attached hydrogens (tertiary/aromatic N) is 5. The minimum Gasteiger partial charge on any atom is -0.454 e. The van der Waals surface area contributed by atoms with Gasteiger partial charge in [-0.1, -0.05) is 17.7 Å². The van der Waals surface area contributed by atoms with Crippen molar-refractivity contribution in [2.75, 3.05) is 0 Å². The zero-order valence-corrected chi connectivity index (χ0v) is 15.0. The van der Waals surface area contributed by atoms with Crippen LogP contribution in [0.25, 0.3) is 11.5 Å². The van der Waals surface area contributed by atoms with Gasteiger partial charge in [-0.05, 0) is 32.9 Å². The van der Waals surface area contributed by atoms with E-state index in [1.807, 2.05) is 31.2 Å². The van der Waals surface area contributed by atoms with Gasteiger partial charge in [0.1, 0.15) is 17.9 Å². The van der Waals surface area contributed by atoms with Gasteiger partial charge in [0.2, 0.25) is 5.89 Å². The molecule has 0 bridgehead atoms. The van der Waals surface area contributed by atoms with E-state index in [4.69, 9.17) is 9.15 Å². The molecule has 10 nitrogen and oxygen atoms in total. The molecule has 0 aliphatic rings. The molecule has 10 heteroatoms. The third kappa shape index (κ3) is 4.00. The largest absolute Gasteiger partial charge is 0.454 e. The van der Waals surface area contributed by atoms with E-state index in [0.29, 0.717) is 5.89 Å². The summed E-state index contributed by atoms with van der Waals surface area (Å²) < 4.78 is 11.8. The molecule has 2 heterocycles. The smallest absolute Gasteiger partial charge is 0.328 e. The summed E-state index contributed by atoms with van der Waals surface area (Å²) in [6.45, 7) is 4.54. The highest BCUT2D eigenvalue weighted by atomic mass is 16.6. The second kappa shape index (κ2) is 7.36. The molecule has 0 unspecified atom stereocenters. The van der Waals surface area contributed by atoms with Crippen LogP contribution in [0.2, 0.25) is 0 Å². The lowest BCUT2D eigenvalue weighted by molar-refractivity contribution is -0.386. The first kappa shape index (κ1) is 18.2. The summed E-state index contributed by atoms with van der Waals surface area (Å²) in [7, 11) is 0. The van der Waals surface area contributed by atoms with E-state index in [-0.39, 0.29) is 36.1 Å². The van der Waals surface area contributed by atoms with Crippen molar-refractivity contribution in [1.82, 2.24) is 20.0 Å². The van der Waals surface area contributed by atoms with Gasteiger partial charge in [-0.25, -0.2) is 0 Å². The average molecular weight is 371 g/mol. The number of carbonyl (C=O) groups excluding carboxylic acids is 1. The molecule has 0 saturated carbocycles. The van der Waals surface area contributed by atoms with Crippen LogP contribution < -0.4 is 0 Å². The lowest BCUT2D eigenvalue weighted by Gasteiger charge is -2.03. The Labute approximate surface area is 153 Å². The van der Waals surface area contributed by atoms with E-state index in [1.165, 1.54) is 18.5 Å². The molecule has 0 spiro atoms. The second-order valence-electron chi connectivity index (χ2n) is 5.97. The van der Waals surface area contributed by atoms with E-state index < -0.39 is 10.9 Å². The lowest BCUT2D eigenvalue weighted by atomic mass is 10.1. The minimum atomic E-state index is -0.620. The topological polar surface area (TPSA) is 126 Å². The summed E-state index contributed by atoms with van der Waals surface area (Å²) in [6, 6.07) is 7.57. The molecule has 0 amide bonds. The van der Waals surface area contributed by atoms with Crippen molar-refractivity contribution < 1.29 is 18.9 Å². The molecule has 0 aliphatic carbocycles. The number of benzene rings is 1. The van der Waals surface area contributed by atoms with E-state index in [1.54, 1.807) is 0 Å². The van der Waals surface area contributed by atoms with E-state index in [9.17, 15) is 14.9 Å². The van der Waals surface area contributed by atoms with Gasteiger partial charge in [0.25, 0.3) is 5.89 Å². The van der Waals surface area contributed by atoms with Crippen molar-refractivity contribution in [1.29, 1.82) is 0 Å². The molecule has 27 heavy (non-hydrogen) atoms. The third-order valence-corrected chi connectivity index (χ3v) is 3.89. The highest BCUT2D eigenvalue weighted by Gasteiger charge is 2.23. The minimum absolute atomic E-state index is 0.109. The van der Waals surface area contributed by atoms with Gasteiger partial charge in [0.15, 0.2) is 6.61 Å². The van der Waals surface area contributed by atoms with Crippen LogP contribution in [0.15, 0.2) is 28.7 Å². The van der Waals surface area contributed by atoms with Crippen molar-refractivity contribution in [2.24, 2.45) is 0 Å². The number of hydrogen-bond acceptors (Lipinski definition) is 8. The van der Waals surface area contributed by atoms with Gasteiger partial charge in [-0.2, -0.15) is 5.10 Å². The zero-order valence-electron chi connectivity index (χ0n) is 15.0. The number of esters is 1. The molecule has 3 aromatic rings. The quantitative estimate of drug-likeness (QED) is 0.367. The first-order valence-electron chi connectivity index (χ1n) is 8.08. The summed E-state index contributed by atoms with van der Waals surface area (Å²) in [5, 5.41) is 22.8. The van der Waals surface area contributed by atoms with Crippen LogP contribution in [0.5, 0.6) is 0 Å². The molecule has 0 N–H and O–H groups in total. The number of aromatic nitrogens is 4. The number of rotatable bonds is 6. The fourth-order valence-corrected chi connectivity index (χ4v) is 2.62. The predicted octanol–water partition coefficient (Wildman–Crippen LogP) is 2.51. The highest BCUT2D eigenvalue weighted by Crippen LogP contribution is 2.22. The Balaban J connectivity index is 1.62. The lowest BCUT2D eigenvalue weighted by Crippen LogP contribution is -2.15. The van der Waals surface area contributed by atoms with Crippen LogP contribution in [-0.4, -0.2) is 30.9 Å². The first-order valence-corrected chi connectivity index (χ1v) is 8.08. The van der Waals surface area contributed by atoms with Gasteiger partial charge < -0.3 is 9.15 Å². The monoisotopic (exact) mass is 371 g/mol. The molecular formula is C17H17N5O5. The SMILES string of the molecule is Cc1cccc(-c2nnc(COC(=O)Cn3nc(C)c([N+](=O)[O-])c3C)o2)c1. The number of carbonyl (C=O) groups is 1. The Morgan fingerprint density at radius 2 is 2.07 bits per heavy atom. The van der Waals surface area contributed by atoms with Crippen molar-refractivity contribution >= 4 is 11.7 Å². The van der Waals surface area contributed by atoms with Crippen LogP contribution in [-0.2, 0) is 22.7 Å². The van der Waals surface area contributed by atoms with Crippen molar-refractivity contribution in [3.05, 3.63) is 57.2 Å². The summed E-state index contributed by atoms with van der Waals surface area (Å²) in [5.74, 6) is -0.135. The van der Waals surface area contributed by atoms with Crippen LogP contribution in [0, 0.1) is 30.9 Å². The Hall–Kier alpha value is -3.56. The normalized spacial score (nSPS) is 10.8. The molecule has 140 valence electrons. The Morgan fingerprint density at radius 3 is 2.74 bits per heavy atom. The van der Waals surface area contributed by atoms with Gasteiger partial charge in [0, 0.05) is 5.56 Å². The van der Waals surface area contributed by atoms with Gasteiger partial charge in [-0.3, -0.25) is 19.6 Å². The van der Waals surface area contributed by atoms with Crippen LogP contribution >= 0.6 is 0 Å². The summed E-state index contributed by atoms with van der Waals surface area (Å²) in [5.41, 5.74) is 2.24. The Morgan fingerprint density at radius 1 is 1.30 bits per heavy atom. The molecule has 1 aromatic carbocycles. The van der Waals surface area contributed by atoms with Crippen LogP contribution in [0.3, 0.4) is 0 Å². The number of nitro groups is 1. The fourth-order valence-electron chi connectivity index (χ4n) is 2.62. The summed E-state index contributed by atoms with van der Waals surface area (Å²) >= 11 is 0. The number of ether oxygens (including phenoxy) is 1. The first-order chi connectivity index (χ1) is 12.8. The maximum absolute atomic E-state index is 12.0. The average Bonchev–Trinajstić information content (AvgIpc) is 3.18. The third-order valence-electron chi connectivity index (χ3n) is 3.89. The van der Waals surface area contributed by atoms with Crippen LogP contribution in [0.4, 0.5) is 5.69 Å². The number of aryl methyl sites for hydroxylation is 2. The van der Waals surface area contributed by atoms with Crippen LogP contribution in [0.1, 0.15) is 22.8 Å². The summed E-state index contributed by atoms with van der Waals surface area (Å²) in [4.78, 5) is 22.5. The van der Waals surface area contributed by atoms with Crippen molar-refractivity contribution in [3.8, 4) is 11.5 Å². The predicted molar refractivity (Wildman–Crippen MR) is 92.6 cm³/mol. The maximum Gasteiger partial charge on any atom is 0.328 e. The van der Waals surface area contributed by atoms with E-state index >= 15 is 0 Å². The maximum atomic E-state index is 12.0. The van der Waals surface area contributed by atoms with Gasteiger partial charge >= 0.3 is 11.7 Å². The highest BCUT2D eigenvalue weighted by molar-refractivity contribution is 5.69.